The largest absolute Gasteiger partial charge is 0.303 e. The minimum Gasteiger partial charge on any atom is -0.303 e. The lowest BCUT2D eigenvalue weighted by molar-refractivity contribution is -0.581. The van der Waals surface area contributed by atoms with Crippen LogP contribution in [-0.2, 0) is 0 Å². The standard InChI is InChI=1S/C7H12N2O2/c10-9(11)7-1-4-8(5-2-7)6-3-7/h1-6H2. The lowest BCUT2D eigenvalue weighted by Crippen LogP contribution is -2.56. The monoisotopic (exact) mass is 156 g/mol. The van der Waals surface area contributed by atoms with Crippen molar-refractivity contribution in [3.05, 3.63) is 10.1 Å². The molecule has 11 heavy (non-hydrogen) atoms. The molecule has 0 aliphatic carbocycles. The van der Waals surface area contributed by atoms with E-state index in [9.17, 15) is 10.1 Å². The third-order valence-corrected chi connectivity index (χ3v) is 3.07. The van der Waals surface area contributed by atoms with Gasteiger partial charge in [-0.2, -0.15) is 0 Å². The van der Waals surface area contributed by atoms with E-state index < -0.39 is 5.54 Å². The summed E-state index contributed by atoms with van der Waals surface area (Å²) in [5, 5.41) is 10.7. The quantitative estimate of drug-likeness (QED) is 0.410. The molecular weight excluding hydrogens is 144 g/mol. The number of hydrogen-bond donors (Lipinski definition) is 0. The van der Waals surface area contributed by atoms with Crippen LogP contribution in [0.3, 0.4) is 0 Å². The highest BCUT2D eigenvalue weighted by molar-refractivity contribution is 4.92. The van der Waals surface area contributed by atoms with E-state index in [-0.39, 0.29) is 4.92 Å². The van der Waals surface area contributed by atoms with Gasteiger partial charge in [0, 0.05) is 43.8 Å². The summed E-state index contributed by atoms with van der Waals surface area (Å²) in [5.74, 6) is 0. The number of fused-ring (bicyclic) bond motifs is 3. The first-order valence-corrected chi connectivity index (χ1v) is 4.10. The van der Waals surface area contributed by atoms with Crippen molar-refractivity contribution in [1.29, 1.82) is 0 Å². The van der Waals surface area contributed by atoms with Crippen LogP contribution in [-0.4, -0.2) is 35.0 Å². The molecule has 0 radical (unpaired) electrons. The molecule has 0 unspecified atom stereocenters. The van der Waals surface area contributed by atoms with Gasteiger partial charge in [-0.3, -0.25) is 10.1 Å². The third kappa shape index (κ3) is 0.929. The average Bonchev–Trinajstić information content (AvgIpc) is 2.08. The minimum absolute atomic E-state index is 0.0521. The molecule has 0 atom stereocenters. The molecular formula is C7H12N2O2. The number of piperidine rings is 3. The van der Waals surface area contributed by atoms with Crippen LogP contribution in [0.15, 0.2) is 0 Å². The molecule has 3 saturated heterocycles. The summed E-state index contributed by atoms with van der Waals surface area (Å²) in [5.41, 5.74) is -0.533. The van der Waals surface area contributed by atoms with Crippen LogP contribution in [0.1, 0.15) is 19.3 Å². The number of hydrogen-bond acceptors (Lipinski definition) is 3. The van der Waals surface area contributed by atoms with Gasteiger partial charge in [-0.15, -0.1) is 0 Å². The highest BCUT2D eigenvalue weighted by atomic mass is 16.6. The van der Waals surface area contributed by atoms with Crippen molar-refractivity contribution in [1.82, 2.24) is 4.90 Å². The van der Waals surface area contributed by atoms with Crippen LogP contribution in [0.25, 0.3) is 0 Å². The summed E-state index contributed by atoms with van der Waals surface area (Å²) >= 11 is 0. The van der Waals surface area contributed by atoms with E-state index in [1.807, 2.05) is 0 Å². The second kappa shape index (κ2) is 2.17. The first kappa shape index (κ1) is 7.03. The first-order chi connectivity index (χ1) is 5.23. The molecule has 3 aliphatic rings. The van der Waals surface area contributed by atoms with E-state index >= 15 is 0 Å². The second-order valence-corrected chi connectivity index (χ2v) is 3.57. The van der Waals surface area contributed by atoms with Gasteiger partial charge >= 0.3 is 0 Å². The molecule has 2 bridgehead atoms. The molecule has 0 aromatic heterocycles. The number of nitrogens with zero attached hydrogens (tertiary/aromatic N) is 2. The Hall–Kier alpha value is -0.640. The van der Waals surface area contributed by atoms with E-state index in [0.717, 1.165) is 38.9 Å². The minimum atomic E-state index is -0.533. The Morgan fingerprint density at radius 1 is 1.18 bits per heavy atom. The topological polar surface area (TPSA) is 46.4 Å². The fraction of sp³-hybridized carbons (Fsp3) is 1.00. The summed E-state index contributed by atoms with van der Waals surface area (Å²) in [6, 6.07) is 0. The van der Waals surface area contributed by atoms with Gasteiger partial charge in [-0.25, -0.2) is 0 Å². The molecule has 0 saturated carbocycles. The summed E-state index contributed by atoms with van der Waals surface area (Å²) in [6.07, 6.45) is 2.29. The maximum atomic E-state index is 10.7. The zero-order valence-electron chi connectivity index (χ0n) is 6.45. The second-order valence-electron chi connectivity index (χ2n) is 3.57. The molecule has 0 aromatic carbocycles. The van der Waals surface area contributed by atoms with Crippen molar-refractivity contribution in [2.75, 3.05) is 19.6 Å². The van der Waals surface area contributed by atoms with Crippen LogP contribution in [0.4, 0.5) is 0 Å². The third-order valence-electron chi connectivity index (χ3n) is 3.07. The number of nitro groups is 1. The molecule has 0 amide bonds. The Morgan fingerprint density at radius 2 is 1.64 bits per heavy atom. The Balaban J connectivity index is 2.18. The molecule has 3 heterocycles. The van der Waals surface area contributed by atoms with Gasteiger partial charge in [-0.05, 0) is 0 Å². The fourth-order valence-corrected chi connectivity index (χ4v) is 2.08. The van der Waals surface area contributed by atoms with E-state index in [4.69, 9.17) is 0 Å². The Kier molecular flexibility index (Phi) is 1.39. The molecule has 0 aromatic rings. The molecule has 62 valence electrons. The summed E-state index contributed by atoms with van der Waals surface area (Å²) in [7, 11) is 0. The normalized spacial score (nSPS) is 42.4. The Morgan fingerprint density at radius 3 is 1.91 bits per heavy atom. The molecule has 3 rings (SSSR count). The van der Waals surface area contributed by atoms with Gasteiger partial charge in [0.15, 0.2) is 0 Å². The van der Waals surface area contributed by atoms with E-state index in [1.54, 1.807) is 0 Å². The average molecular weight is 156 g/mol. The van der Waals surface area contributed by atoms with Crippen molar-refractivity contribution in [2.24, 2.45) is 0 Å². The highest BCUT2D eigenvalue weighted by Crippen LogP contribution is 2.34. The van der Waals surface area contributed by atoms with Crippen LogP contribution >= 0.6 is 0 Å². The fourth-order valence-electron chi connectivity index (χ4n) is 2.08. The zero-order chi connectivity index (χ0) is 7.90. The van der Waals surface area contributed by atoms with Gasteiger partial charge in [0.1, 0.15) is 0 Å². The smallest absolute Gasteiger partial charge is 0.225 e. The molecule has 0 N–H and O–H groups in total. The summed E-state index contributed by atoms with van der Waals surface area (Å²) in [4.78, 5) is 13.0. The van der Waals surface area contributed by atoms with E-state index in [0.29, 0.717) is 0 Å². The van der Waals surface area contributed by atoms with Crippen molar-refractivity contribution in [2.45, 2.75) is 24.8 Å². The zero-order valence-corrected chi connectivity index (χ0v) is 6.45. The predicted octanol–water partition coefficient (Wildman–Crippen LogP) is 0.501. The van der Waals surface area contributed by atoms with Crippen LogP contribution in [0.5, 0.6) is 0 Å². The van der Waals surface area contributed by atoms with Gasteiger partial charge in [0.2, 0.25) is 5.54 Å². The Labute approximate surface area is 65.3 Å². The first-order valence-electron chi connectivity index (χ1n) is 4.10. The maximum absolute atomic E-state index is 10.7. The maximum Gasteiger partial charge on any atom is 0.225 e. The summed E-state index contributed by atoms with van der Waals surface area (Å²) in [6.45, 7) is 2.79. The molecule has 3 aliphatic heterocycles. The van der Waals surface area contributed by atoms with Crippen LogP contribution in [0, 0.1) is 10.1 Å². The van der Waals surface area contributed by atoms with E-state index in [2.05, 4.69) is 4.90 Å². The summed E-state index contributed by atoms with van der Waals surface area (Å²) < 4.78 is 0. The van der Waals surface area contributed by atoms with Crippen molar-refractivity contribution < 1.29 is 4.92 Å². The van der Waals surface area contributed by atoms with Gasteiger partial charge in [0.05, 0.1) is 0 Å². The van der Waals surface area contributed by atoms with Gasteiger partial charge < -0.3 is 4.90 Å². The van der Waals surface area contributed by atoms with Crippen LogP contribution in [0.2, 0.25) is 0 Å². The highest BCUT2D eigenvalue weighted by Gasteiger charge is 2.49. The van der Waals surface area contributed by atoms with E-state index in [1.165, 1.54) is 0 Å². The molecule has 4 nitrogen and oxygen atoms in total. The van der Waals surface area contributed by atoms with Gasteiger partial charge in [0.25, 0.3) is 0 Å². The molecule has 3 fully saturated rings. The van der Waals surface area contributed by atoms with Crippen LogP contribution < -0.4 is 0 Å². The number of rotatable bonds is 1. The Bertz CT molecular complexity index is 171. The SMILES string of the molecule is O=[N+]([O-])C12CCN(CC1)CC2. The predicted molar refractivity (Wildman–Crippen MR) is 40.0 cm³/mol. The van der Waals surface area contributed by atoms with Gasteiger partial charge in [-0.1, -0.05) is 0 Å². The molecule has 0 spiro atoms. The van der Waals surface area contributed by atoms with Crippen molar-refractivity contribution in [3.8, 4) is 0 Å². The molecule has 4 heteroatoms. The van der Waals surface area contributed by atoms with Crippen molar-refractivity contribution >= 4 is 0 Å². The van der Waals surface area contributed by atoms with Crippen molar-refractivity contribution in [3.63, 3.8) is 0 Å². The lowest BCUT2D eigenvalue weighted by atomic mass is 9.81. The lowest BCUT2D eigenvalue weighted by Gasteiger charge is -2.42.